The third-order valence-electron chi connectivity index (χ3n) is 6.61. The van der Waals surface area contributed by atoms with Crippen molar-refractivity contribution in [2.75, 3.05) is 13.2 Å². The molecule has 2 aliphatic carbocycles. The van der Waals surface area contributed by atoms with Crippen molar-refractivity contribution in [2.45, 2.75) is 63.3 Å². The number of aromatic amines is 1. The lowest BCUT2D eigenvalue weighted by atomic mass is 9.75. The second kappa shape index (κ2) is 11.9. The monoisotopic (exact) mass is 505 g/mol. The number of carbonyl (C=O) groups is 1. The number of alkyl halides is 3. The zero-order chi connectivity index (χ0) is 26.2. The fraction of sp³-hybridized carbons (Fsp3) is 0.481. The normalized spacial score (nSPS) is 23.6. The Labute approximate surface area is 209 Å². The number of ether oxygens (including phenoxy) is 1. The van der Waals surface area contributed by atoms with Crippen molar-refractivity contribution < 1.29 is 27.8 Å². The predicted molar refractivity (Wildman–Crippen MR) is 131 cm³/mol. The second-order valence-electron chi connectivity index (χ2n) is 9.93. The highest BCUT2D eigenvalue weighted by atomic mass is 19.4. The summed E-state index contributed by atoms with van der Waals surface area (Å²) in [4.78, 5) is 16.6. The molecule has 1 fully saturated rings. The molecule has 0 aliphatic heterocycles. The third-order valence-corrected chi connectivity index (χ3v) is 6.61. The molecule has 196 valence electrons. The molecule has 0 saturated heterocycles. The summed E-state index contributed by atoms with van der Waals surface area (Å²) in [6.07, 6.45) is 12.4. The molecule has 1 aromatic carbocycles. The van der Waals surface area contributed by atoms with Crippen LogP contribution in [0.1, 0.15) is 56.8 Å². The van der Waals surface area contributed by atoms with Gasteiger partial charge >= 0.3 is 12.1 Å². The molecule has 0 atom stereocenters. The van der Waals surface area contributed by atoms with Gasteiger partial charge in [-0.1, -0.05) is 56.3 Å². The van der Waals surface area contributed by atoms with Gasteiger partial charge in [0.05, 0.1) is 6.61 Å². The largest absolute Gasteiger partial charge is 0.490 e. The number of aliphatic carboxylic acids is 1. The Kier molecular flexibility index (Phi) is 9.13. The first-order valence-corrected chi connectivity index (χ1v) is 12.1. The summed E-state index contributed by atoms with van der Waals surface area (Å²) in [5.41, 5.74) is 1.17. The molecule has 2 aromatic rings. The van der Waals surface area contributed by atoms with Crippen LogP contribution in [-0.2, 0) is 15.1 Å². The van der Waals surface area contributed by atoms with E-state index in [1.54, 1.807) is 6.20 Å². The molecule has 36 heavy (non-hydrogen) atoms. The molecular formula is C27H34F3N3O3. The summed E-state index contributed by atoms with van der Waals surface area (Å²) in [5, 5.41) is 10.8. The van der Waals surface area contributed by atoms with Crippen LogP contribution in [0.3, 0.4) is 0 Å². The first-order valence-electron chi connectivity index (χ1n) is 12.1. The SMILES string of the molecule is CC1(C)CCC(NCCOC2(c3ncc[nH]3)C=CC(c3ccccc3)C=C2)CC1.O=C(O)C(F)(F)F. The topological polar surface area (TPSA) is 87.2 Å². The maximum Gasteiger partial charge on any atom is 0.490 e. The Balaban J connectivity index is 0.000000454. The Hall–Kier alpha value is -2.91. The third kappa shape index (κ3) is 7.80. The fourth-order valence-corrected chi connectivity index (χ4v) is 4.40. The van der Waals surface area contributed by atoms with Crippen molar-refractivity contribution in [3.05, 3.63) is 78.4 Å². The first-order chi connectivity index (χ1) is 17.0. The summed E-state index contributed by atoms with van der Waals surface area (Å²) in [5.74, 6) is -1.66. The number of hydrogen-bond acceptors (Lipinski definition) is 4. The number of H-pyrrole nitrogens is 1. The molecule has 1 aromatic heterocycles. The van der Waals surface area contributed by atoms with E-state index in [9.17, 15) is 13.2 Å². The Morgan fingerprint density at radius 3 is 2.31 bits per heavy atom. The van der Waals surface area contributed by atoms with Crippen molar-refractivity contribution in [3.63, 3.8) is 0 Å². The number of carboxylic acids is 1. The van der Waals surface area contributed by atoms with Crippen LogP contribution in [0.2, 0.25) is 0 Å². The van der Waals surface area contributed by atoms with Gasteiger partial charge in [0.1, 0.15) is 5.82 Å². The molecule has 0 bridgehead atoms. The second-order valence-corrected chi connectivity index (χ2v) is 9.93. The Morgan fingerprint density at radius 1 is 1.17 bits per heavy atom. The molecule has 2 aliphatic rings. The summed E-state index contributed by atoms with van der Waals surface area (Å²) >= 11 is 0. The highest BCUT2D eigenvalue weighted by Crippen LogP contribution is 2.36. The summed E-state index contributed by atoms with van der Waals surface area (Å²) < 4.78 is 38.1. The Bertz CT molecular complexity index is 994. The molecule has 0 unspecified atom stereocenters. The van der Waals surface area contributed by atoms with Crippen molar-refractivity contribution in [3.8, 4) is 0 Å². The van der Waals surface area contributed by atoms with E-state index in [2.05, 4.69) is 83.8 Å². The van der Waals surface area contributed by atoms with E-state index in [-0.39, 0.29) is 5.92 Å². The summed E-state index contributed by atoms with van der Waals surface area (Å²) in [6, 6.07) is 11.2. The lowest BCUT2D eigenvalue weighted by Crippen LogP contribution is -2.38. The fourth-order valence-electron chi connectivity index (χ4n) is 4.40. The van der Waals surface area contributed by atoms with Crippen molar-refractivity contribution >= 4 is 5.97 Å². The van der Waals surface area contributed by atoms with Gasteiger partial charge in [0.25, 0.3) is 0 Å². The minimum atomic E-state index is -5.08. The standard InChI is InChI=1S/C25H33N3O.C2HF3O2/c1-24(2)12-10-22(11-13-24)26-18-19-29-25(23-27-16-17-28-23)14-8-21(9-15-25)20-6-4-3-5-7-20;3-2(4,5)1(6)7/h3-9,14-17,21-22,26H,10-13,18-19H2,1-2H3,(H,27,28);(H,6,7). The van der Waals surface area contributed by atoms with E-state index in [1.165, 1.54) is 31.2 Å². The molecule has 9 heteroatoms. The number of nitrogens with one attached hydrogen (secondary N) is 2. The minimum absolute atomic E-state index is 0.270. The van der Waals surface area contributed by atoms with E-state index in [4.69, 9.17) is 14.6 Å². The highest BCUT2D eigenvalue weighted by molar-refractivity contribution is 5.73. The van der Waals surface area contributed by atoms with Crippen molar-refractivity contribution in [2.24, 2.45) is 5.41 Å². The Morgan fingerprint density at radius 2 is 1.78 bits per heavy atom. The van der Waals surface area contributed by atoms with Gasteiger partial charge < -0.3 is 20.1 Å². The van der Waals surface area contributed by atoms with Crippen molar-refractivity contribution in [1.82, 2.24) is 15.3 Å². The van der Waals surface area contributed by atoms with Crippen LogP contribution in [0.5, 0.6) is 0 Å². The molecule has 3 N–H and O–H groups in total. The molecule has 4 rings (SSSR count). The molecule has 0 amide bonds. The molecule has 6 nitrogen and oxygen atoms in total. The maximum atomic E-state index is 10.6. The predicted octanol–water partition coefficient (Wildman–Crippen LogP) is 5.72. The summed E-state index contributed by atoms with van der Waals surface area (Å²) in [7, 11) is 0. The van der Waals surface area contributed by atoms with Crippen LogP contribution in [0.4, 0.5) is 13.2 Å². The maximum absolute atomic E-state index is 10.6. The van der Waals surface area contributed by atoms with Crippen LogP contribution >= 0.6 is 0 Å². The van der Waals surface area contributed by atoms with E-state index in [1.807, 2.05) is 6.20 Å². The molecule has 0 spiro atoms. The zero-order valence-electron chi connectivity index (χ0n) is 20.6. The van der Waals surface area contributed by atoms with Gasteiger partial charge in [0, 0.05) is 30.9 Å². The molecular weight excluding hydrogens is 471 g/mol. The molecule has 1 heterocycles. The van der Waals surface area contributed by atoms with Gasteiger partial charge in [-0.25, -0.2) is 9.78 Å². The quantitative estimate of drug-likeness (QED) is 0.331. The number of rotatable bonds is 7. The van der Waals surface area contributed by atoms with Gasteiger partial charge in [-0.15, -0.1) is 0 Å². The van der Waals surface area contributed by atoms with Gasteiger partial charge in [-0.05, 0) is 48.8 Å². The van der Waals surface area contributed by atoms with E-state index in [0.717, 1.165) is 12.4 Å². The van der Waals surface area contributed by atoms with Gasteiger partial charge in [-0.3, -0.25) is 0 Å². The minimum Gasteiger partial charge on any atom is -0.475 e. The number of nitrogens with zero attached hydrogens (tertiary/aromatic N) is 1. The number of aromatic nitrogens is 2. The smallest absolute Gasteiger partial charge is 0.475 e. The molecule has 0 radical (unpaired) electrons. The number of halogens is 3. The zero-order valence-corrected chi connectivity index (χ0v) is 20.6. The lowest BCUT2D eigenvalue weighted by Gasteiger charge is -2.35. The summed E-state index contributed by atoms with van der Waals surface area (Å²) in [6.45, 7) is 6.26. The average molecular weight is 506 g/mol. The highest BCUT2D eigenvalue weighted by Gasteiger charge is 2.38. The number of allylic oxidation sites excluding steroid dienone is 2. The van der Waals surface area contributed by atoms with E-state index < -0.39 is 17.7 Å². The van der Waals surface area contributed by atoms with Crippen molar-refractivity contribution in [1.29, 1.82) is 0 Å². The molecule has 1 saturated carbocycles. The van der Waals surface area contributed by atoms with Crippen LogP contribution < -0.4 is 5.32 Å². The first kappa shape index (κ1) is 27.7. The van der Waals surface area contributed by atoms with Gasteiger partial charge in [0.2, 0.25) is 0 Å². The van der Waals surface area contributed by atoms with Crippen LogP contribution in [0.25, 0.3) is 0 Å². The number of hydrogen-bond donors (Lipinski definition) is 3. The van der Waals surface area contributed by atoms with Crippen LogP contribution in [0.15, 0.2) is 67.0 Å². The number of benzene rings is 1. The number of carboxylic acid groups (broad SMARTS) is 1. The van der Waals surface area contributed by atoms with Crippen LogP contribution in [-0.4, -0.2) is 46.4 Å². The van der Waals surface area contributed by atoms with Gasteiger partial charge in [0.15, 0.2) is 5.60 Å². The van der Waals surface area contributed by atoms with E-state index >= 15 is 0 Å². The van der Waals surface area contributed by atoms with Crippen LogP contribution in [0, 0.1) is 5.41 Å². The average Bonchev–Trinajstić information content (AvgIpc) is 3.39. The lowest BCUT2D eigenvalue weighted by molar-refractivity contribution is -0.192. The van der Waals surface area contributed by atoms with E-state index in [0.29, 0.717) is 18.1 Å². The number of imidazole rings is 1. The van der Waals surface area contributed by atoms with Gasteiger partial charge in [-0.2, -0.15) is 13.2 Å².